The van der Waals surface area contributed by atoms with Crippen LogP contribution < -0.4 is 4.74 Å². The second-order valence-electron chi connectivity index (χ2n) is 9.44. The van der Waals surface area contributed by atoms with E-state index in [1.165, 1.54) is 5.57 Å². The number of likely N-dealkylation sites (N-methyl/N-ethyl adjacent to an activating group) is 1. The van der Waals surface area contributed by atoms with Crippen LogP contribution in [0.15, 0.2) is 84.9 Å². The van der Waals surface area contributed by atoms with Crippen LogP contribution in [0.2, 0.25) is 0 Å². The van der Waals surface area contributed by atoms with Gasteiger partial charge in [0.15, 0.2) is 0 Å². The van der Waals surface area contributed by atoms with E-state index in [9.17, 15) is 9.59 Å². The summed E-state index contributed by atoms with van der Waals surface area (Å²) < 4.78 is 5.65. The van der Waals surface area contributed by atoms with Crippen molar-refractivity contribution in [2.75, 3.05) is 39.8 Å². The number of hydrogen-bond donors (Lipinski definition) is 1. The van der Waals surface area contributed by atoms with Gasteiger partial charge in [0.2, 0.25) is 0 Å². The number of hydrogen-bond acceptors (Lipinski definition) is 5. The first-order valence-electron chi connectivity index (χ1n) is 12.9. The number of carbonyl (C=O) groups excluding carboxylic acids is 1. The van der Waals surface area contributed by atoms with Crippen molar-refractivity contribution >= 4 is 29.2 Å². The zero-order valence-electron chi connectivity index (χ0n) is 22.0. The summed E-state index contributed by atoms with van der Waals surface area (Å²) >= 11 is 0. The molecule has 1 N–H and O–H groups in total. The monoisotopic (exact) mass is 510 g/mol. The molecule has 6 heteroatoms. The van der Waals surface area contributed by atoms with Crippen molar-refractivity contribution in [3.8, 4) is 5.75 Å². The van der Waals surface area contributed by atoms with Crippen molar-refractivity contribution < 1.29 is 19.4 Å². The van der Waals surface area contributed by atoms with Crippen LogP contribution in [0.3, 0.4) is 0 Å². The van der Waals surface area contributed by atoms with Gasteiger partial charge in [-0.25, -0.2) is 4.79 Å². The Hall–Kier alpha value is -4.00. The van der Waals surface area contributed by atoms with E-state index < -0.39 is 5.97 Å². The van der Waals surface area contributed by atoms with Gasteiger partial charge in [0.05, 0.1) is 6.54 Å². The number of nitrogens with zero attached hydrogens (tertiary/aromatic N) is 2. The van der Waals surface area contributed by atoms with Gasteiger partial charge in [-0.2, -0.15) is 0 Å². The highest BCUT2D eigenvalue weighted by atomic mass is 16.5. The largest absolute Gasteiger partial charge is 0.478 e. The van der Waals surface area contributed by atoms with Gasteiger partial charge in [0.25, 0.3) is 0 Å². The first kappa shape index (κ1) is 27.0. The van der Waals surface area contributed by atoms with Crippen molar-refractivity contribution in [1.29, 1.82) is 0 Å². The zero-order valence-corrected chi connectivity index (χ0v) is 22.0. The molecular formula is C32H34N2O4. The highest BCUT2D eigenvalue weighted by molar-refractivity contribution is 5.98. The standard InChI is InChI=1S/C32H34N2O4/c1-3-29(25-7-5-4-6-8-25)32(26-12-9-24(10-13-26)11-18-30(35)36)27-14-16-28(17-15-27)38-31(37)23-34-21-19-33(2)20-22-34/h4-18H,3,19-23H2,1-2H3,(H,35,36)/b18-11+,32-29+. The van der Waals surface area contributed by atoms with Crippen LogP contribution >= 0.6 is 0 Å². The maximum absolute atomic E-state index is 12.5. The summed E-state index contributed by atoms with van der Waals surface area (Å²) in [5.74, 6) is -0.697. The molecule has 0 saturated carbocycles. The fourth-order valence-corrected chi connectivity index (χ4v) is 4.65. The van der Waals surface area contributed by atoms with Crippen LogP contribution in [-0.2, 0) is 9.59 Å². The molecule has 196 valence electrons. The maximum Gasteiger partial charge on any atom is 0.328 e. The van der Waals surface area contributed by atoms with Crippen LogP contribution in [0.5, 0.6) is 5.75 Å². The number of benzene rings is 3. The van der Waals surface area contributed by atoms with E-state index in [1.54, 1.807) is 6.08 Å². The third-order valence-electron chi connectivity index (χ3n) is 6.72. The fourth-order valence-electron chi connectivity index (χ4n) is 4.65. The Bertz CT molecular complexity index is 1290. The molecule has 6 nitrogen and oxygen atoms in total. The third kappa shape index (κ3) is 7.28. The number of rotatable bonds is 9. The number of carbonyl (C=O) groups is 2. The first-order valence-corrected chi connectivity index (χ1v) is 12.9. The van der Waals surface area contributed by atoms with Gasteiger partial charge in [-0.05, 0) is 65.1 Å². The number of allylic oxidation sites excluding steroid dienone is 1. The molecule has 1 heterocycles. The molecule has 4 rings (SSSR count). The zero-order chi connectivity index (χ0) is 26.9. The predicted molar refractivity (Wildman–Crippen MR) is 152 cm³/mol. The Balaban J connectivity index is 1.60. The van der Waals surface area contributed by atoms with Crippen molar-refractivity contribution in [1.82, 2.24) is 9.80 Å². The molecule has 1 aliphatic rings. The van der Waals surface area contributed by atoms with Crippen molar-refractivity contribution in [2.24, 2.45) is 0 Å². The van der Waals surface area contributed by atoms with E-state index in [0.717, 1.165) is 66.5 Å². The van der Waals surface area contributed by atoms with Gasteiger partial charge in [-0.1, -0.05) is 73.7 Å². The summed E-state index contributed by atoms with van der Waals surface area (Å²) in [4.78, 5) is 27.8. The molecule has 0 aromatic heterocycles. The Labute approximate surface area is 224 Å². The molecule has 1 saturated heterocycles. The Morgan fingerprint density at radius 2 is 1.45 bits per heavy atom. The summed E-state index contributed by atoms with van der Waals surface area (Å²) in [5.41, 5.74) is 6.27. The second-order valence-corrected chi connectivity index (χ2v) is 9.44. The maximum atomic E-state index is 12.5. The lowest BCUT2D eigenvalue weighted by Gasteiger charge is -2.31. The molecule has 0 atom stereocenters. The number of esters is 1. The van der Waals surface area contributed by atoms with E-state index in [4.69, 9.17) is 9.84 Å². The van der Waals surface area contributed by atoms with Crippen LogP contribution in [-0.4, -0.2) is 66.6 Å². The van der Waals surface area contributed by atoms with Crippen LogP contribution in [0.25, 0.3) is 17.2 Å². The number of piperazine rings is 1. The first-order chi connectivity index (χ1) is 18.4. The third-order valence-corrected chi connectivity index (χ3v) is 6.72. The lowest BCUT2D eigenvalue weighted by Crippen LogP contribution is -2.46. The van der Waals surface area contributed by atoms with Gasteiger partial charge in [-0.15, -0.1) is 0 Å². The van der Waals surface area contributed by atoms with Gasteiger partial charge >= 0.3 is 11.9 Å². The van der Waals surface area contributed by atoms with Crippen molar-refractivity contribution in [2.45, 2.75) is 13.3 Å². The van der Waals surface area contributed by atoms with Crippen LogP contribution in [0.1, 0.15) is 35.6 Å². The minimum Gasteiger partial charge on any atom is -0.478 e. The second kappa shape index (κ2) is 13.0. The topological polar surface area (TPSA) is 70.1 Å². The van der Waals surface area contributed by atoms with E-state index in [0.29, 0.717) is 5.75 Å². The number of carboxylic acids is 1. The van der Waals surface area contributed by atoms with Crippen molar-refractivity contribution in [3.05, 3.63) is 107 Å². The number of carboxylic acid groups (broad SMARTS) is 1. The SMILES string of the molecule is CC/C(=C(/c1ccc(/C=C/C(=O)O)cc1)c1ccc(OC(=O)CN2CCN(C)CC2)cc1)c1ccccc1. The lowest BCUT2D eigenvalue weighted by atomic mass is 9.88. The molecule has 3 aromatic rings. The molecule has 38 heavy (non-hydrogen) atoms. The van der Waals surface area contributed by atoms with E-state index >= 15 is 0 Å². The summed E-state index contributed by atoms with van der Waals surface area (Å²) in [6.45, 7) is 6.06. The highest BCUT2D eigenvalue weighted by Gasteiger charge is 2.18. The average Bonchev–Trinajstić information content (AvgIpc) is 2.93. The van der Waals surface area contributed by atoms with E-state index in [-0.39, 0.29) is 12.5 Å². The Morgan fingerprint density at radius 1 is 0.842 bits per heavy atom. The molecular weight excluding hydrogens is 476 g/mol. The summed E-state index contributed by atoms with van der Waals surface area (Å²) in [7, 11) is 2.09. The smallest absolute Gasteiger partial charge is 0.328 e. The number of aliphatic carboxylic acids is 1. The van der Waals surface area contributed by atoms with Crippen LogP contribution in [0.4, 0.5) is 0 Å². The summed E-state index contributed by atoms with van der Waals surface area (Å²) in [5, 5.41) is 8.94. The molecule has 1 aliphatic heterocycles. The minimum absolute atomic E-state index is 0.249. The van der Waals surface area contributed by atoms with Crippen LogP contribution in [0, 0.1) is 0 Å². The van der Waals surface area contributed by atoms with Crippen molar-refractivity contribution in [3.63, 3.8) is 0 Å². The molecule has 3 aromatic carbocycles. The van der Waals surface area contributed by atoms with Gasteiger partial charge in [0.1, 0.15) is 5.75 Å². The van der Waals surface area contributed by atoms with Gasteiger partial charge in [-0.3, -0.25) is 9.69 Å². The molecule has 0 amide bonds. The predicted octanol–water partition coefficient (Wildman–Crippen LogP) is 5.31. The number of ether oxygens (including phenoxy) is 1. The Kier molecular flexibility index (Phi) is 9.25. The lowest BCUT2D eigenvalue weighted by molar-refractivity contribution is -0.136. The van der Waals surface area contributed by atoms with Gasteiger partial charge < -0.3 is 14.7 Å². The quantitative estimate of drug-likeness (QED) is 0.182. The van der Waals surface area contributed by atoms with E-state index in [1.807, 2.05) is 66.7 Å². The molecule has 0 spiro atoms. The average molecular weight is 511 g/mol. The molecule has 1 fully saturated rings. The minimum atomic E-state index is -0.976. The molecule has 0 bridgehead atoms. The fraction of sp³-hybridized carbons (Fsp3) is 0.250. The normalized spacial score (nSPS) is 15.3. The van der Waals surface area contributed by atoms with Gasteiger partial charge in [0, 0.05) is 32.3 Å². The molecule has 0 radical (unpaired) electrons. The summed E-state index contributed by atoms with van der Waals surface area (Å²) in [6, 6.07) is 25.8. The molecule has 0 aliphatic carbocycles. The van der Waals surface area contributed by atoms with E-state index in [2.05, 4.69) is 35.9 Å². The summed E-state index contributed by atoms with van der Waals surface area (Å²) in [6.07, 6.45) is 3.54. The highest BCUT2D eigenvalue weighted by Crippen LogP contribution is 2.35. The Morgan fingerprint density at radius 3 is 2.03 bits per heavy atom. The molecule has 0 unspecified atom stereocenters.